The SMILES string of the molecule is CC(CO)(CO)CO.COc1ccc(C2CC(=O)CC(=O)C2)cc1. The fraction of sp³-hybridized carbons (Fsp3) is 0.556. The average Bonchev–Trinajstić information content (AvgIpc) is 2.61. The summed E-state index contributed by atoms with van der Waals surface area (Å²) in [6, 6.07) is 7.57. The Labute approximate surface area is 142 Å². The maximum atomic E-state index is 11.3. The summed E-state index contributed by atoms with van der Waals surface area (Å²) >= 11 is 0. The summed E-state index contributed by atoms with van der Waals surface area (Å²) in [7, 11) is 1.61. The summed E-state index contributed by atoms with van der Waals surface area (Å²) in [5.74, 6) is 0.950. The second-order valence-corrected chi connectivity index (χ2v) is 6.42. The predicted octanol–water partition coefficient (Wildman–Crippen LogP) is 1.07. The lowest BCUT2D eigenvalue weighted by Gasteiger charge is -2.20. The van der Waals surface area contributed by atoms with Crippen LogP contribution in [0.25, 0.3) is 0 Å². The Kier molecular flexibility index (Phi) is 8.04. The van der Waals surface area contributed by atoms with Crippen molar-refractivity contribution in [3.05, 3.63) is 29.8 Å². The highest BCUT2D eigenvalue weighted by molar-refractivity contribution is 6.02. The highest BCUT2D eigenvalue weighted by Gasteiger charge is 2.26. The van der Waals surface area contributed by atoms with Crippen LogP contribution in [0.4, 0.5) is 0 Å². The standard InChI is InChI=1S/C13H14O3.C5H12O3/c1-16-13-4-2-9(3-5-13)10-6-11(14)8-12(15)7-10;1-5(2-6,3-7)4-8/h2-5,10H,6-8H2,1H3;6-8H,2-4H2,1H3. The number of carbonyl (C=O) groups is 2. The molecule has 0 aliphatic heterocycles. The topological polar surface area (TPSA) is 104 Å². The van der Waals surface area contributed by atoms with Crippen LogP contribution in [0.3, 0.4) is 0 Å². The van der Waals surface area contributed by atoms with Gasteiger partial charge in [0.05, 0.1) is 33.4 Å². The summed E-state index contributed by atoms with van der Waals surface area (Å²) in [6.07, 6.45) is 1.09. The molecule has 1 saturated carbocycles. The van der Waals surface area contributed by atoms with Gasteiger partial charge in [0.2, 0.25) is 0 Å². The molecule has 0 radical (unpaired) electrons. The molecule has 0 atom stereocenters. The Morgan fingerprint density at radius 1 is 1.00 bits per heavy atom. The van der Waals surface area contributed by atoms with Gasteiger partial charge in [0.15, 0.2) is 0 Å². The zero-order valence-corrected chi connectivity index (χ0v) is 14.2. The van der Waals surface area contributed by atoms with Crippen molar-refractivity contribution in [3.8, 4) is 5.75 Å². The Bertz CT molecular complexity index is 509. The number of aliphatic hydroxyl groups is 3. The van der Waals surface area contributed by atoms with Gasteiger partial charge in [-0.05, 0) is 23.6 Å². The van der Waals surface area contributed by atoms with Crippen LogP contribution in [0.2, 0.25) is 0 Å². The van der Waals surface area contributed by atoms with Gasteiger partial charge in [0.1, 0.15) is 17.3 Å². The van der Waals surface area contributed by atoms with E-state index in [-0.39, 0.29) is 43.7 Å². The summed E-state index contributed by atoms with van der Waals surface area (Å²) in [6.45, 7) is 1.06. The number of Topliss-reactive ketones (excluding diaryl/α,β-unsaturated/α-hetero) is 2. The number of hydrogen-bond donors (Lipinski definition) is 3. The first-order chi connectivity index (χ1) is 11.4. The Balaban J connectivity index is 0.000000307. The van der Waals surface area contributed by atoms with Gasteiger partial charge >= 0.3 is 0 Å². The Morgan fingerprint density at radius 3 is 1.79 bits per heavy atom. The maximum absolute atomic E-state index is 11.3. The van der Waals surface area contributed by atoms with E-state index in [1.54, 1.807) is 14.0 Å². The molecule has 0 amide bonds. The molecule has 6 nitrogen and oxygen atoms in total. The van der Waals surface area contributed by atoms with Gasteiger partial charge in [0, 0.05) is 18.3 Å². The zero-order chi connectivity index (χ0) is 18.2. The molecule has 0 heterocycles. The molecular formula is C18H26O6. The molecule has 134 valence electrons. The van der Waals surface area contributed by atoms with E-state index in [1.807, 2.05) is 24.3 Å². The average molecular weight is 338 g/mol. The molecular weight excluding hydrogens is 312 g/mol. The van der Waals surface area contributed by atoms with Crippen LogP contribution in [0.5, 0.6) is 5.75 Å². The molecule has 3 N–H and O–H groups in total. The van der Waals surface area contributed by atoms with Crippen LogP contribution in [0.1, 0.15) is 37.7 Å². The van der Waals surface area contributed by atoms with E-state index in [2.05, 4.69) is 0 Å². The minimum atomic E-state index is -0.708. The van der Waals surface area contributed by atoms with Gasteiger partial charge in [-0.15, -0.1) is 0 Å². The first kappa shape index (κ1) is 20.3. The summed E-state index contributed by atoms with van der Waals surface area (Å²) < 4.78 is 5.06. The van der Waals surface area contributed by atoms with Crippen LogP contribution >= 0.6 is 0 Å². The lowest BCUT2D eigenvalue weighted by atomic mass is 9.83. The largest absolute Gasteiger partial charge is 0.497 e. The minimum Gasteiger partial charge on any atom is -0.497 e. The summed E-state index contributed by atoms with van der Waals surface area (Å²) in [4.78, 5) is 22.7. The highest BCUT2D eigenvalue weighted by Crippen LogP contribution is 2.30. The van der Waals surface area contributed by atoms with Gasteiger partial charge in [-0.3, -0.25) is 9.59 Å². The van der Waals surface area contributed by atoms with Crippen molar-refractivity contribution in [2.45, 2.75) is 32.1 Å². The number of rotatable bonds is 5. The van der Waals surface area contributed by atoms with Crippen molar-refractivity contribution in [1.29, 1.82) is 0 Å². The van der Waals surface area contributed by atoms with Gasteiger partial charge in [-0.25, -0.2) is 0 Å². The predicted molar refractivity (Wildman–Crippen MR) is 89.0 cm³/mol. The third-order valence-corrected chi connectivity index (χ3v) is 4.07. The molecule has 0 unspecified atom stereocenters. The Hall–Kier alpha value is -1.76. The third kappa shape index (κ3) is 6.03. The van der Waals surface area contributed by atoms with E-state index in [1.165, 1.54) is 0 Å². The fourth-order valence-electron chi connectivity index (χ4n) is 2.25. The van der Waals surface area contributed by atoms with E-state index >= 15 is 0 Å². The quantitative estimate of drug-likeness (QED) is 0.694. The van der Waals surface area contributed by atoms with E-state index in [4.69, 9.17) is 20.1 Å². The zero-order valence-electron chi connectivity index (χ0n) is 14.2. The molecule has 0 saturated heterocycles. The molecule has 1 aliphatic rings. The fourth-order valence-corrected chi connectivity index (χ4v) is 2.25. The minimum absolute atomic E-state index is 0.0528. The van der Waals surface area contributed by atoms with E-state index < -0.39 is 5.41 Å². The number of aliphatic hydroxyl groups excluding tert-OH is 3. The molecule has 6 heteroatoms. The van der Waals surface area contributed by atoms with Gasteiger partial charge in [-0.2, -0.15) is 0 Å². The van der Waals surface area contributed by atoms with Crippen LogP contribution < -0.4 is 4.74 Å². The van der Waals surface area contributed by atoms with E-state index in [9.17, 15) is 9.59 Å². The van der Waals surface area contributed by atoms with Crippen molar-refractivity contribution in [1.82, 2.24) is 0 Å². The summed E-state index contributed by atoms with van der Waals surface area (Å²) in [5.41, 5.74) is 0.335. The molecule has 1 aromatic carbocycles. The number of ether oxygens (including phenoxy) is 1. The van der Waals surface area contributed by atoms with E-state index in [0.29, 0.717) is 12.8 Å². The van der Waals surface area contributed by atoms with Crippen molar-refractivity contribution in [2.24, 2.45) is 5.41 Å². The van der Waals surface area contributed by atoms with Crippen LogP contribution in [-0.2, 0) is 9.59 Å². The first-order valence-electron chi connectivity index (χ1n) is 7.87. The van der Waals surface area contributed by atoms with Crippen LogP contribution in [-0.4, -0.2) is 53.8 Å². The van der Waals surface area contributed by atoms with Crippen molar-refractivity contribution in [3.63, 3.8) is 0 Å². The molecule has 1 fully saturated rings. The Morgan fingerprint density at radius 2 is 1.46 bits per heavy atom. The number of methoxy groups -OCH3 is 1. The smallest absolute Gasteiger partial charge is 0.140 e. The number of benzene rings is 1. The number of ketones is 2. The molecule has 1 aromatic rings. The number of carbonyl (C=O) groups excluding carboxylic acids is 2. The van der Waals surface area contributed by atoms with Crippen LogP contribution in [0, 0.1) is 5.41 Å². The van der Waals surface area contributed by atoms with Gasteiger partial charge < -0.3 is 20.1 Å². The lowest BCUT2D eigenvalue weighted by molar-refractivity contribution is -0.130. The second kappa shape index (κ2) is 9.52. The monoisotopic (exact) mass is 338 g/mol. The van der Waals surface area contributed by atoms with Gasteiger partial charge in [0.25, 0.3) is 0 Å². The molecule has 2 rings (SSSR count). The van der Waals surface area contributed by atoms with Crippen molar-refractivity contribution >= 4 is 11.6 Å². The lowest BCUT2D eigenvalue weighted by Crippen LogP contribution is -2.29. The van der Waals surface area contributed by atoms with E-state index in [0.717, 1.165) is 11.3 Å². The molecule has 24 heavy (non-hydrogen) atoms. The maximum Gasteiger partial charge on any atom is 0.140 e. The first-order valence-corrected chi connectivity index (χ1v) is 7.87. The number of hydrogen-bond acceptors (Lipinski definition) is 6. The second-order valence-electron chi connectivity index (χ2n) is 6.42. The van der Waals surface area contributed by atoms with Gasteiger partial charge in [-0.1, -0.05) is 19.1 Å². The summed E-state index contributed by atoms with van der Waals surface area (Å²) in [5, 5.41) is 25.4. The normalized spacial score (nSPS) is 15.7. The third-order valence-electron chi connectivity index (χ3n) is 4.07. The highest BCUT2D eigenvalue weighted by atomic mass is 16.5. The van der Waals surface area contributed by atoms with Crippen LogP contribution in [0.15, 0.2) is 24.3 Å². The molecule has 0 bridgehead atoms. The molecule has 0 aromatic heterocycles. The molecule has 1 aliphatic carbocycles. The molecule has 0 spiro atoms. The van der Waals surface area contributed by atoms with Crippen molar-refractivity contribution < 1.29 is 29.6 Å². The van der Waals surface area contributed by atoms with Crippen molar-refractivity contribution in [2.75, 3.05) is 26.9 Å².